The van der Waals surface area contributed by atoms with Gasteiger partial charge in [0.25, 0.3) is 5.56 Å². The van der Waals surface area contributed by atoms with Crippen LogP contribution in [0.1, 0.15) is 18.5 Å². The van der Waals surface area contributed by atoms with Gasteiger partial charge in [-0.2, -0.15) is 5.10 Å². The first-order chi connectivity index (χ1) is 13.1. The van der Waals surface area contributed by atoms with E-state index in [1.165, 1.54) is 22.2 Å². The third kappa shape index (κ3) is 3.39. The van der Waals surface area contributed by atoms with E-state index in [1.54, 1.807) is 16.9 Å². The van der Waals surface area contributed by atoms with Gasteiger partial charge in [-0.15, -0.1) is 11.3 Å². The SMILES string of the molecule is CC(NC(=O)Cn1cnc2ccsc2c1=O)c1ccccc1-n1cccn1. The number of nitrogens with one attached hydrogen (secondary N) is 1. The first-order valence-corrected chi connectivity index (χ1v) is 9.32. The number of hydrogen-bond acceptors (Lipinski definition) is 5. The second kappa shape index (κ2) is 7.16. The molecule has 3 heterocycles. The maximum atomic E-state index is 12.5. The van der Waals surface area contributed by atoms with Crippen molar-refractivity contribution in [1.82, 2.24) is 24.6 Å². The molecule has 1 N–H and O–H groups in total. The van der Waals surface area contributed by atoms with E-state index < -0.39 is 0 Å². The van der Waals surface area contributed by atoms with Gasteiger partial charge in [0.05, 0.1) is 23.6 Å². The molecule has 0 aliphatic heterocycles. The highest BCUT2D eigenvalue weighted by Crippen LogP contribution is 2.21. The molecule has 1 amide bonds. The van der Waals surface area contributed by atoms with Crippen LogP contribution in [-0.4, -0.2) is 25.2 Å². The maximum absolute atomic E-state index is 12.5. The minimum absolute atomic E-state index is 0.0754. The maximum Gasteiger partial charge on any atom is 0.271 e. The Morgan fingerprint density at radius 3 is 2.93 bits per heavy atom. The number of carbonyl (C=O) groups excluding carboxylic acids is 1. The van der Waals surface area contributed by atoms with Crippen molar-refractivity contribution in [3.05, 3.63) is 76.4 Å². The number of fused-ring (bicyclic) bond motifs is 1. The number of para-hydroxylation sites is 1. The number of nitrogens with zero attached hydrogens (tertiary/aromatic N) is 4. The lowest BCUT2D eigenvalue weighted by Crippen LogP contribution is -2.34. The quantitative estimate of drug-likeness (QED) is 0.578. The molecule has 0 fully saturated rings. The van der Waals surface area contributed by atoms with Crippen molar-refractivity contribution >= 4 is 27.5 Å². The molecule has 0 bridgehead atoms. The van der Waals surface area contributed by atoms with E-state index in [9.17, 15) is 9.59 Å². The Hall–Kier alpha value is -3.26. The minimum Gasteiger partial charge on any atom is -0.348 e. The molecule has 0 aliphatic rings. The lowest BCUT2D eigenvalue weighted by atomic mass is 10.1. The van der Waals surface area contributed by atoms with Crippen LogP contribution in [0.4, 0.5) is 0 Å². The standard InChI is InChI=1S/C19H17N5O2S/c1-13(14-5-2-3-6-16(14)24-9-4-8-21-24)22-17(25)11-23-12-20-15-7-10-27-18(15)19(23)26/h2-10,12-13H,11H2,1H3,(H,22,25). The predicted molar refractivity (Wildman–Crippen MR) is 104 cm³/mol. The van der Waals surface area contributed by atoms with Gasteiger partial charge in [0.2, 0.25) is 5.91 Å². The summed E-state index contributed by atoms with van der Waals surface area (Å²) in [5.41, 5.74) is 2.29. The zero-order valence-corrected chi connectivity index (χ0v) is 15.4. The summed E-state index contributed by atoms with van der Waals surface area (Å²) >= 11 is 1.33. The molecule has 1 atom stereocenters. The van der Waals surface area contributed by atoms with Crippen molar-refractivity contribution in [3.63, 3.8) is 0 Å². The fourth-order valence-electron chi connectivity index (χ4n) is 2.98. The first kappa shape index (κ1) is 17.2. The molecular formula is C19H17N5O2S. The molecule has 27 heavy (non-hydrogen) atoms. The van der Waals surface area contributed by atoms with Gasteiger partial charge in [-0.1, -0.05) is 18.2 Å². The van der Waals surface area contributed by atoms with Gasteiger partial charge in [-0.3, -0.25) is 14.2 Å². The Bertz CT molecular complexity index is 1150. The third-order valence-corrected chi connectivity index (χ3v) is 5.17. The first-order valence-electron chi connectivity index (χ1n) is 8.44. The number of thiophene rings is 1. The van der Waals surface area contributed by atoms with E-state index in [-0.39, 0.29) is 24.1 Å². The van der Waals surface area contributed by atoms with Crippen LogP contribution in [0.5, 0.6) is 0 Å². The van der Waals surface area contributed by atoms with Crippen LogP contribution in [-0.2, 0) is 11.3 Å². The summed E-state index contributed by atoms with van der Waals surface area (Å²) in [7, 11) is 0. The van der Waals surface area contributed by atoms with Gasteiger partial charge >= 0.3 is 0 Å². The lowest BCUT2D eigenvalue weighted by molar-refractivity contribution is -0.122. The average Bonchev–Trinajstić information content (AvgIpc) is 3.36. The van der Waals surface area contributed by atoms with Crippen molar-refractivity contribution in [2.75, 3.05) is 0 Å². The van der Waals surface area contributed by atoms with Gasteiger partial charge in [0.15, 0.2) is 0 Å². The largest absolute Gasteiger partial charge is 0.348 e. The molecule has 7 nitrogen and oxygen atoms in total. The molecule has 0 radical (unpaired) electrons. The highest BCUT2D eigenvalue weighted by atomic mass is 32.1. The molecule has 8 heteroatoms. The Kier molecular flexibility index (Phi) is 4.55. The van der Waals surface area contributed by atoms with Crippen molar-refractivity contribution in [1.29, 1.82) is 0 Å². The van der Waals surface area contributed by atoms with Crippen LogP contribution in [0, 0.1) is 0 Å². The molecule has 136 valence electrons. The van der Waals surface area contributed by atoms with Crippen LogP contribution in [0.25, 0.3) is 15.9 Å². The molecule has 1 unspecified atom stereocenters. The van der Waals surface area contributed by atoms with E-state index in [0.29, 0.717) is 10.2 Å². The Morgan fingerprint density at radius 1 is 1.26 bits per heavy atom. The molecule has 3 aromatic heterocycles. The van der Waals surface area contributed by atoms with Crippen molar-refractivity contribution in [2.24, 2.45) is 0 Å². The molecule has 0 spiro atoms. The summed E-state index contributed by atoms with van der Waals surface area (Å²) in [6, 6.07) is 11.1. The smallest absolute Gasteiger partial charge is 0.271 e. The van der Waals surface area contributed by atoms with Crippen LogP contribution in [0.2, 0.25) is 0 Å². The fraction of sp³-hybridized carbons (Fsp3) is 0.158. The summed E-state index contributed by atoms with van der Waals surface area (Å²) in [5.74, 6) is -0.252. The van der Waals surface area contributed by atoms with Crippen molar-refractivity contribution in [3.8, 4) is 5.69 Å². The van der Waals surface area contributed by atoms with Crippen LogP contribution < -0.4 is 10.9 Å². The summed E-state index contributed by atoms with van der Waals surface area (Å²) in [6.07, 6.45) is 4.98. The molecule has 4 rings (SSSR count). The molecule has 1 aromatic carbocycles. The Morgan fingerprint density at radius 2 is 2.11 bits per heavy atom. The molecule has 0 saturated heterocycles. The lowest BCUT2D eigenvalue weighted by Gasteiger charge is -2.18. The molecule has 4 aromatic rings. The monoisotopic (exact) mass is 379 g/mol. The van der Waals surface area contributed by atoms with Gasteiger partial charge in [-0.05, 0) is 36.1 Å². The number of hydrogen-bond donors (Lipinski definition) is 1. The highest BCUT2D eigenvalue weighted by Gasteiger charge is 2.15. The van der Waals surface area contributed by atoms with Gasteiger partial charge in [0.1, 0.15) is 11.2 Å². The molecule has 0 aliphatic carbocycles. The topological polar surface area (TPSA) is 81.8 Å². The minimum atomic E-state index is -0.252. The van der Waals surface area contributed by atoms with Gasteiger partial charge < -0.3 is 5.32 Å². The fourth-order valence-corrected chi connectivity index (χ4v) is 3.78. The van der Waals surface area contributed by atoms with E-state index in [0.717, 1.165) is 11.3 Å². The summed E-state index contributed by atoms with van der Waals surface area (Å²) in [6.45, 7) is 1.83. The van der Waals surface area contributed by atoms with Crippen LogP contribution in [0.15, 0.2) is 65.3 Å². The zero-order valence-electron chi connectivity index (χ0n) is 14.6. The van der Waals surface area contributed by atoms with Gasteiger partial charge in [-0.25, -0.2) is 9.67 Å². The molecule has 0 saturated carbocycles. The number of amides is 1. The van der Waals surface area contributed by atoms with Crippen LogP contribution >= 0.6 is 11.3 Å². The Labute approximate surface area is 158 Å². The van der Waals surface area contributed by atoms with Crippen LogP contribution in [0.3, 0.4) is 0 Å². The number of carbonyl (C=O) groups is 1. The average molecular weight is 379 g/mol. The Balaban J connectivity index is 1.53. The number of rotatable bonds is 5. The van der Waals surface area contributed by atoms with Gasteiger partial charge in [0, 0.05) is 12.4 Å². The summed E-state index contributed by atoms with van der Waals surface area (Å²) < 4.78 is 3.65. The second-order valence-corrected chi connectivity index (χ2v) is 7.03. The second-order valence-electron chi connectivity index (χ2n) is 6.11. The summed E-state index contributed by atoms with van der Waals surface area (Å²) in [4.78, 5) is 29.2. The number of aromatic nitrogens is 4. The molecular weight excluding hydrogens is 362 g/mol. The van der Waals surface area contributed by atoms with Crippen molar-refractivity contribution < 1.29 is 4.79 Å². The van der Waals surface area contributed by atoms with E-state index in [2.05, 4.69) is 15.4 Å². The number of benzene rings is 1. The third-order valence-electron chi connectivity index (χ3n) is 4.28. The van der Waals surface area contributed by atoms with E-state index in [1.807, 2.05) is 48.8 Å². The van der Waals surface area contributed by atoms with E-state index >= 15 is 0 Å². The van der Waals surface area contributed by atoms with Crippen molar-refractivity contribution in [2.45, 2.75) is 19.5 Å². The highest BCUT2D eigenvalue weighted by molar-refractivity contribution is 7.17. The van der Waals surface area contributed by atoms with E-state index in [4.69, 9.17) is 0 Å². The summed E-state index contributed by atoms with van der Waals surface area (Å²) in [5, 5.41) is 9.03. The predicted octanol–water partition coefficient (Wildman–Crippen LogP) is 2.52. The normalized spacial score (nSPS) is 12.2. The zero-order chi connectivity index (χ0) is 18.8.